The Balaban J connectivity index is 1.58. The van der Waals surface area contributed by atoms with Gasteiger partial charge in [0.05, 0.1) is 10.9 Å². The van der Waals surface area contributed by atoms with Crippen molar-refractivity contribution in [3.8, 4) is 11.5 Å². The molecule has 1 aliphatic rings. The maximum absolute atomic E-state index is 12.7. The molecule has 5 rings (SSSR count). The predicted octanol–water partition coefficient (Wildman–Crippen LogP) is 3.63. The summed E-state index contributed by atoms with van der Waals surface area (Å²) in [6, 6.07) is 13.8. The highest BCUT2D eigenvalue weighted by Gasteiger charge is 2.18. The second kappa shape index (κ2) is 6.09. The molecule has 0 aliphatic carbocycles. The van der Waals surface area contributed by atoms with Gasteiger partial charge < -0.3 is 19.2 Å². The molecule has 2 aromatic heterocycles. The van der Waals surface area contributed by atoms with Gasteiger partial charge in [-0.15, -0.1) is 0 Å². The van der Waals surface area contributed by atoms with Crippen LogP contribution in [0, 0.1) is 6.92 Å². The van der Waals surface area contributed by atoms with Gasteiger partial charge in [-0.25, -0.2) is 9.78 Å². The number of hydrogen-bond donors (Lipinski definition) is 1. The molecule has 0 saturated heterocycles. The van der Waals surface area contributed by atoms with Crippen LogP contribution >= 0.6 is 0 Å². The molecule has 2 aromatic carbocycles. The van der Waals surface area contributed by atoms with Crippen LogP contribution in [0.2, 0.25) is 0 Å². The van der Waals surface area contributed by atoms with Crippen molar-refractivity contribution in [3.05, 3.63) is 70.1 Å². The number of hydrogen-bond acceptors (Lipinski definition) is 6. The summed E-state index contributed by atoms with van der Waals surface area (Å²) in [5, 5.41) is 3.90. The molecule has 138 valence electrons. The number of carbonyl (C=O) groups excluding carboxylic acids is 1. The Hall–Kier alpha value is -3.87. The zero-order chi connectivity index (χ0) is 19.3. The first-order valence-electron chi connectivity index (χ1n) is 8.64. The number of rotatable bonds is 2. The molecule has 0 fully saturated rings. The molecule has 0 unspecified atom stereocenters. The number of fused-ring (bicyclic) bond motifs is 4. The number of aryl methyl sites for hydroxylation is 1. The van der Waals surface area contributed by atoms with E-state index >= 15 is 0 Å². The molecule has 3 heterocycles. The summed E-state index contributed by atoms with van der Waals surface area (Å²) in [5.74, 6) is 1.15. The van der Waals surface area contributed by atoms with E-state index in [4.69, 9.17) is 13.9 Å². The first-order chi connectivity index (χ1) is 13.6. The molecule has 1 aliphatic heterocycles. The van der Waals surface area contributed by atoms with Crippen LogP contribution in [0.1, 0.15) is 15.9 Å². The SMILES string of the molecule is Cc1cc(NC(=O)c2ccc3c(c2)OCO3)nc2c1c(=O)oc1ccccc12. The van der Waals surface area contributed by atoms with Gasteiger partial charge in [0.15, 0.2) is 11.5 Å². The van der Waals surface area contributed by atoms with Crippen LogP contribution < -0.4 is 20.4 Å². The highest BCUT2D eigenvalue weighted by atomic mass is 16.7. The summed E-state index contributed by atoms with van der Waals surface area (Å²) in [4.78, 5) is 29.5. The van der Waals surface area contributed by atoms with Crippen LogP contribution in [-0.4, -0.2) is 17.7 Å². The van der Waals surface area contributed by atoms with Crippen LogP contribution in [0.4, 0.5) is 5.82 Å². The molecular formula is C21H14N2O5. The van der Waals surface area contributed by atoms with Crippen LogP contribution in [0.3, 0.4) is 0 Å². The molecule has 0 radical (unpaired) electrons. The minimum Gasteiger partial charge on any atom is -0.454 e. The predicted molar refractivity (Wildman–Crippen MR) is 103 cm³/mol. The normalized spacial score (nSPS) is 12.5. The minimum absolute atomic E-state index is 0.140. The van der Waals surface area contributed by atoms with E-state index in [2.05, 4.69) is 10.3 Å². The second-order valence-electron chi connectivity index (χ2n) is 6.46. The molecule has 0 saturated carbocycles. The van der Waals surface area contributed by atoms with Crippen molar-refractivity contribution in [1.82, 2.24) is 4.98 Å². The minimum atomic E-state index is -0.452. The molecule has 1 amide bonds. The summed E-state index contributed by atoms with van der Waals surface area (Å²) in [6.45, 7) is 1.92. The Bertz CT molecular complexity index is 1330. The Kier molecular flexibility index (Phi) is 3.55. The standard InChI is InChI=1S/C21H14N2O5/c1-11-8-17(23-20(24)12-6-7-15-16(9-12)27-10-26-15)22-19-13-4-2-3-5-14(13)28-21(25)18(11)19/h2-9H,10H2,1H3,(H,22,23,24). The third kappa shape index (κ3) is 2.56. The largest absolute Gasteiger partial charge is 0.454 e. The zero-order valence-electron chi connectivity index (χ0n) is 14.8. The molecule has 28 heavy (non-hydrogen) atoms. The fourth-order valence-corrected chi connectivity index (χ4v) is 3.32. The van der Waals surface area contributed by atoms with E-state index in [1.807, 2.05) is 12.1 Å². The van der Waals surface area contributed by atoms with E-state index in [0.29, 0.717) is 50.3 Å². The Morgan fingerprint density at radius 1 is 1.07 bits per heavy atom. The fourth-order valence-electron chi connectivity index (χ4n) is 3.32. The molecule has 0 bridgehead atoms. The molecule has 0 atom stereocenters. The van der Waals surface area contributed by atoms with Gasteiger partial charge in [-0.1, -0.05) is 12.1 Å². The topological polar surface area (TPSA) is 90.7 Å². The van der Waals surface area contributed by atoms with Gasteiger partial charge in [0.2, 0.25) is 6.79 Å². The number of amides is 1. The van der Waals surface area contributed by atoms with Crippen LogP contribution in [0.25, 0.3) is 21.9 Å². The lowest BCUT2D eigenvalue weighted by Gasteiger charge is -2.09. The van der Waals surface area contributed by atoms with E-state index in [-0.39, 0.29) is 12.7 Å². The Morgan fingerprint density at radius 2 is 1.89 bits per heavy atom. The maximum atomic E-state index is 12.7. The van der Waals surface area contributed by atoms with Gasteiger partial charge in [0.25, 0.3) is 5.91 Å². The van der Waals surface area contributed by atoms with Crippen molar-refractivity contribution in [2.45, 2.75) is 6.92 Å². The van der Waals surface area contributed by atoms with Gasteiger partial charge in [0.1, 0.15) is 11.4 Å². The van der Waals surface area contributed by atoms with Gasteiger partial charge >= 0.3 is 5.63 Å². The van der Waals surface area contributed by atoms with Crippen molar-refractivity contribution >= 4 is 33.6 Å². The number of nitrogens with one attached hydrogen (secondary N) is 1. The fraction of sp³-hybridized carbons (Fsp3) is 0.0952. The summed E-state index contributed by atoms with van der Waals surface area (Å²) in [6.07, 6.45) is 0. The quantitative estimate of drug-likeness (QED) is 0.426. The van der Waals surface area contributed by atoms with Crippen molar-refractivity contribution in [1.29, 1.82) is 0 Å². The van der Waals surface area contributed by atoms with Crippen molar-refractivity contribution in [3.63, 3.8) is 0 Å². The Labute approximate surface area is 158 Å². The second-order valence-corrected chi connectivity index (χ2v) is 6.46. The highest BCUT2D eigenvalue weighted by molar-refractivity contribution is 6.07. The number of nitrogens with zero attached hydrogens (tertiary/aromatic N) is 1. The monoisotopic (exact) mass is 374 g/mol. The lowest BCUT2D eigenvalue weighted by molar-refractivity contribution is 0.102. The van der Waals surface area contributed by atoms with Crippen LogP contribution in [0.15, 0.2) is 57.7 Å². The third-order valence-electron chi connectivity index (χ3n) is 4.64. The zero-order valence-corrected chi connectivity index (χ0v) is 14.8. The highest BCUT2D eigenvalue weighted by Crippen LogP contribution is 2.33. The van der Waals surface area contributed by atoms with Crippen molar-refractivity contribution in [2.75, 3.05) is 12.1 Å². The van der Waals surface area contributed by atoms with Gasteiger partial charge in [-0.3, -0.25) is 4.79 Å². The first kappa shape index (κ1) is 16.3. The average Bonchev–Trinajstić information content (AvgIpc) is 3.15. The molecule has 7 heteroatoms. The van der Waals surface area contributed by atoms with E-state index in [9.17, 15) is 9.59 Å². The van der Waals surface area contributed by atoms with E-state index in [1.165, 1.54) is 0 Å². The summed E-state index contributed by atoms with van der Waals surface area (Å²) in [7, 11) is 0. The van der Waals surface area contributed by atoms with Gasteiger partial charge in [-0.2, -0.15) is 0 Å². The molecule has 0 spiro atoms. The lowest BCUT2D eigenvalue weighted by atomic mass is 10.1. The number of aromatic nitrogens is 1. The van der Waals surface area contributed by atoms with Crippen LogP contribution in [0.5, 0.6) is 11.5 Å². The molecule has 4 aromatic rings. The summed E-state index contributed by atoms with van der Waals surface area (Å²) < 4.78 is 16.0. The maximum Gasteiger partial charge on any atom is 0.346 e. The van der Waals surface area contributed by atoms with Gasteiger partial charge in [-0.05, 0) is 48.9 Å². The van der Waals surface area contributed by atoms with Gasteiger partial charge in [0, 0.05) is 10.9 Å². The molecular weight excluding hydrogens is 360 g/mol. The van der Waals surface area contributed by atoms with Crippen molar-refractivity contribution in [2.24, 2.45) is 0 Å². The average molecular weight is 374 g/mol. The Morgan fingerprint density at radius 3 is 2.79 bits per heavy atom. The number of pyridine rings is 1. The molecule has 1 N–H and O–H groups in total. The van der Waals surface area contributed by atoms with E-state index < -0.39 is 5.63 Å². The number of carbonyl (C=O) groups is 1. The number of anilines is 1. The smallest absolute Gasteiger partial charge is 0.346 e. The number of benzene rings is 2. The van der Waals surface area contributed by atoms with Crippen molar-refractivity contribution < 1.29 is 18.7 Å². The number of para-hydroxylation sites is 1. The van der Waals surface area contributed by atoms with E-state index in [0.717, 1.165) is 0 Å². The summed E-state index contributed by atoms with van der Waals surface area (Å²) >= 11 is 0. The number of ether oxygens (including phenoxy) is 2. The lowest BCUT2D eigenvalue weighted by Crippen LogP contribution is -2.14. The first-order valence-corrected chi connectivity index (χ1v) is 8.64. The summed E-state index contributed by atoms with van der Waals surface area (Å²) in [5.41, 5.74) is 1.58. The van der Waals surface area contributed by atoms with E-state index in [1.54, 1.807) is 43.3 Å². The van der Waals surface area contributed by atoms with Crippen LogP contribution in [-0.2, 0) is 0 Å². The third-order valence-corrected chi connectivity index (χ3v) is 4.64. The molecule has 7 nitrogen and oxygen atoms in total.